The molecule has 1 aliphatic rings. The van der Waals surface area contributed by atoms with E-state index in [1.807, 2.05) is 13.8 Å². The first-order chi connectivity index (χ1) is 12.4. The number of rotatable bonds is 7. The predicted molar refractivity (Wildman–Crippen MR) is 107 cm³/mol. The molecule has 28 heavy (non-hydrogen) atoms. The Morgan fingerprint density at radius 2 is 1.89 bits per heavy atom. The van der Waals surface area contributed by atoms with Crippen molar-refractivity contribution < 1.29 is 22.7 Å². The van der Waals surface area contributed by atoms with Crippen LogP contribution in [0.4, 0.5) is 4.79 Å². The zero-order valence-electron chi connectivity index (χ0n) is 16.5. The number of imide groups is 1. The van der Waals surface area contributed by atoms with Crippen LogP contribution >= 0.6 is 12.4 Å². The summed E-state index contributed by atoms with van der Waals surface area (Å²) in [5, 5.41) is 4.68. The first kappa shape index (κ1) is 24.2. The lowest BCUT2D eigenvalue weighted by atomic mass is 9.91. The maximum absolute atomic E-state index is 13.0. The van der Waals surface area contributed by atoms with Crippen LogP contribution in [0.1, 0.15) is 26.3 Å². The smallest absolute Gasteiger partial charge is 0.322 e. The number of hydrogen-bond acceptors (Lipinski definition) is 6. The molecule has 0 aromatic heterocycles. The highest BCUT2D eigenvalue weighted by atomic mass is 35.5. The van der Waals surface area contributed by atoms with Crippen LogP contribution in [0.5, 0.6) is 5.75 Å². The standard InChI is InChI=1S/C17H26N4O5S.ClH/c1-16(2,9-18)10-21(4)27(24,25)11-6-7-13(26-5)12(8-11)17(3)14(22)19-15(23)20-17;/h6-8H,9-10,18H2,1-5H3,(H2,19,20,22,23);1H. The van der Waals surface area contributed by atoms with Gasteiger partial charge in [0.1, 0.15) is 11.3 Å². The summed E-state index contributed by atoms with van der Waals surface area (Å²) in [4.78, 5) is 23.9. The van der Waals surface area contributed by atoms with Gasteiger partial charge in [-0.15, -0.1) is 12.4 Å². The number of urea groups is 1. The number of amides is 3. The van der Waals surface area contributed by atoms with Crippen molar-refractivity contribution in [1.82, 2.24) is 14.9 Å². The van der Waals surface area contributed by atoms with Gasteiger partial charge < -0.3 is 15.8 Å². The molecule has 1 aromatic carbocycles. The Labute approximate surface area is 171 Å². The molecule has 0 bridgehead atoms. The van der Waals surface area contributed by atoms with E-state index in [0.29, 0.717) is 12.3 Å². The number of methoxy groups -OCH3 is 1. The normalized spacial score (nSPS) is 19.8. The van der Waals surface area contributed by atoms with Crippen LogP contribution in [0.15, 0.2) is 23.1 Å². The molecule has 158 valence electrons. The first-order valence-electron chi connectivity index (χ1n) is 8.36. The highest BCUT2D eigenvalue weighted by Crippen LogP contribution is 2.35. The van der Waals surface area contributed by atoms with Gasteiger partial charge in [0.05, 0.1) is 12.0 Å². The van der Waals surface area contributed by atoms with Crippen molar-refractivity contribution in [3.8, 4) is 5.75 Å². The van der Waals surface area contributed by atoms with Gasteiger partial charge in [0, 0.05) is 19.2 Å². The molecule has 1 unspecified atom stereocenters. The molecule has 1 heterocycles. The molecule has 1 saturated heterocycles. The second kappa shape index (κ2) is 8.24. The summed E-state index contributed by atoms with van der Waals surface area (Å²) in [6.07, 6.45) is 0. The SMILES string of the molecule is COc1ccc(S(=O)(=O)N(C)CC(C)(C)CN)cc1C1(C)NC(=O)NC1=O.Cl. The average molecular weight is 435 g/mol. The van der Waals surface area contributed by atoms with Crippen molar-refractivity contribution in [2.45, 2.75) is 31.2 Å². The van der Waals surface area contributed by atoms with Gasteiger partial charge in [0.15, 0.2) is 0 Å². The lowest BCUT2D eigenvalue weighted by Crippen LogP contribution is -2.41. The van der Waals surface area contributed by atoms with E-state index in [1.54, 1.807) is 0 Å². The summed E-state index contributed by atoms with van der Waals surface area (Å²) in [5.74, 6) is -0.295. The molecule has 4 N–H and O–H groups in total. The predicted octanol–water partition coefficient (Wildman–Crippen LogP) is 0.777. The van der Waals surface area contributed by atoms with Crippen LogP contribution in [-0.2, 0) is 20.4 Å². The molecule has 9 nitrogen and oxygen atoms in total. The van der Waals surface area contributed by atoms with Crippen molar-refractivity contribution in [3.05, 3.63) is 23.8 Å². The number of carbonyl (C=O) groups is 2. The van der Waals surface area contributed by atoms with Gasteiger partial charge in [-0.2, -0.15) is 0 Å². The Bertz CT molecular complexity index is 874. The summed E-state index contributed by atoms with van der Waals surface area (Å²) in [6, 6.07) is 3.57. The minimum absolute atomic E-state index is 0. The fraction of sp³-hybridized carbons (Fsp3) is 0.529. The summed E-state index contributed by atoms with van der Waals surface area (Å²) in [6.45, 7) is 5.78. The van der Waals surface area contributed by atoms with Gasteiger partial charge >= 0.3 is 6.03 Å². The molecule has 2 rings (SSSR count). The summed E-state index contributed by atoms with van der Waals surface area (Å²) >= 11 is 0. The third-order valence-electron chi connectivity index (χ3n) is 4.67. The number of nitrogens with zero attached hydrogens (tertiary/aromatic N) is 1. The number of ether oxygens (including phenoxy) is 1. The van der Waals surface area contributed by atoms with E-state index < -0.39 is 32.9 Å². The highest BCUT2D eigenvalue weighted by Gasteiger charge is 2.45. The third-order valence-corrected chi connectivity index (χ3v) is 6.47. The maximum atomic E-state index is 13.0. The van der Waals surface area contributed by atoms with Crippen LogP contribution in [-0.4, -0.2) is 51.9 Å². The summed E-state index contributed by atoms with van der Waals surface area (Å²) < 4.78 is 32.5. The van der Waals surface area contributed by atoms with E-state index in [-0.39, 0.29) is 29.4 Å². The minimum Gasteiger partial charge on any atom is -0.496 e. The second-order valence-electron chi connectivity index (χ2n) is 7.52. The van der Waals surface area contributed by atoms with Gasteiger partial charge in [-0.05, 0) is 37.1 Å². The first-order valence-corrected chi connectivity index (χ1v) is 9.80. The van der Waals surface area contributed by atoms with Crippen LogP contribution in [0.3, 0.4) is 0 Å². The van der Waals surface area contributed by atoms with Gasteiger partial charge in [-0.25, -0.2) is 17.5 Å². The lowest BCUT2D eigenvalue weighted by molar-refractivity contribution is -0.123. The number of carbonyl (C=O) groups excluding carboxylic acids is 2. The van der Waals surface area contributed by atoms with Crippen LogP contribution in [0.25, 0.3) is 0 Å². The van der Waals surface area contributed by atoms with E-state index in [9.17, 15) is 18.0 Å². The molecule has 0 radical (unpaired) electrons. The summed E-state index contributed by atoms with van der Waals surface area (Å²) in [5.41, 5.74) is 4.11. The van der Waals surface area contributed by atoms with E-state index in [2.05, 4.69) is 10.6 Å². The van der Waals surface area contributed by atoms with E-state index in [4.69, 9.17) is 10.5 Å². The number of nitrogens with one attached hydrogen (secondary N) is 2. The van der Waals surface area contributed by atoms with Gasteiger partial charge in [0.2, 0.25) is 10.0 Å². The second-order valence-corrected chi connectivity index (χ2v) is 9.57. The molecular weight excluding hydrogens is 408 g/mol. The third kappa shape index (κ3) is 4.40. The van der Waals surface area contributed by atoms with E-state index in [1.165, 1.54) is 43.6 Å². The van der Waals surface area contributed by atoms with E-state index >= 15 is 0 Å². The molecule has 1 atom stereocenters. The quantitative estimate of drug-likeness (QED) is 0.543. The monoisotopic (exact) mass is 434 g/mol. The number of halogens is 1. The molecule has 0 spiro atoms. The fourth-order valence-corrected chi connectivity index (χ4v) is 4.29. The van der Waals surface area contributed by atoms with Crippen molar-refractivity contribution in [1.29, 1.82) is 0 Å². The molecule has 1 aliphatic heterocycles. The molecular formula is C17H27ClN4O5S. The average Bonchev–Trinajstić information content (AvgIpc) is 2.86. The zero-order valence-corrected chi connectivity index (χ0v) is 18.2. The Hall–Kier alpha value is -1.88. The van der Waals surface area contributed by atoms with Crippen LogP contribution < -0.4 is 21.1 Å². The van der Waals surface area contributed by atoms with Crippen LogP contribution in [0, 0.1) is 5.41 Å². The highest BCUT2D eigenvalue weighted by molar-refractivity contribution is 7.89. The lowest BCUT2D eigenvalue weighted by Gasteiger charge is -2.29. The van der Waals surface area contributed by atoms with Gasteiger partial charge in [0.25, 0.3) is 5.91 Å². The Kier molecular flexibility index (Phi) is 7.11. The largest absolute Gasteiger partial charge is 0.496 e. The number of nitrogens with two attached hydrogens (primary N) is 1. The van der Waals surface area contributed by atoms with Crippen molar-refractivity contribution in [2.24, 2.45) is 11.1 Å². The molecule has 3 amide bonds. The van der Waals surface area contributed by atoms with Crippen molar-refractivity contribution >= 4 is 34.4 Å². The Balaban J connectivity index is 0.00000392. The number of sulfonamides is 1. The Morgan fingerprint density at radius 1 is 1.29 bits per heavy atom. The van der Waals surface area contributed by atoms with E-state index in [0.717, 1.165) is 0 Å². The molecule has 1 aromatic rings. The molecule has 11 heteroatoms. The molecule has 1 fully saturated rings. The number of benzene rings is 1. The van der Waals surface area contributed by atoms with Crippen molar-refractivity contribution in [2.75, 3.05) is 27.2 Å². The molecule has 0 saturated carbocycles. The molecule has 0 aliphatic carbocycles. The summed E-state index contributed by atoms with van der Waals surface area (Å²) in [7, 11) is -0.961. The fourth-order valence-electron chi connectivity index (χ4n) is 2.90. The van der Waals surface area contributed by atoms with Crippen molar-refractivity contribution in [3.63, 3.8) is 0 Å². The van der Waals surface area contributed by atoms with Gasteiger partial charge in [-0.3, -0.25) is 10.1 Å². The minimum atomic E-state index is -3.84. The zero-order chi connectivity index (χ0) is 20.6. The maximum Gasteiger partial charge on any atom is 0.322 e. The number of hydrogen-bond donors (Lipinski definition) is 3. The topological polar surface area (TPSA) is 131 Å². The van der Waals surface area contributed by atoms with Gasteiger partial charge in [-0.1, -0.05) is 13.8 Å². The van der Waals surface area contributed by atoms with Crippen LogP contribution in [0.2, 0.25) is 0 Å². The Morgan fingerprint density at radius 3 is 2.36 bits per heavy atom.